The van der Waals surface area contributed by atoms with Crippen molar-refractivity contribution in [3.63, 3.8) is 0 Å². The van der Waals surface area contributed by atoms with Crippen LogP contribution in [0.1, 0.15) is 38.5 Å². The zero-order valence-corrected chi connectivity index (χ0v) is 10.8. The van der Waals surface area contributed by atoms with Crippen molar-refractivity contribution in [1.82, 2.24) is 10.2 Å². The number of nitrogens with zero attached hydrogens (tertiary/aromatic N) is 1. The average molecular weight is 258 g/mol. The molecular weight excluding hydrogens is 236 g/mol. The van der Waals surface area contributed by atoms with Gasteiger partial charge in [-0.2, -0.15) is 0 Å². The summed E-state index contributed by atoms with van der Waals surface area (Å²) in [6.07, 6.45) is 3.61. The highest BCUT2D eigenvalue weighted by atomic mass is 16.4. The van der Waals surface area contributed by atoms with Crippen LogP contribution in [0.5, 0.6) is 0 Å². The summed E-state index contributed by atoms with van der Waals surface area (Å²) in [7, 11) is 1.67. The molecule has 2 amide bonds. The summed E-state index contributed by atoms with van der Waals surface area (Å²) in [4.78, 5) is 23.6. The molecule has 1 fully saturated rings. The summed E-state index contributed by atoms with van der Waals surface area (Å²) in [5, 5.41) is 21.0. The minimum absolute atomic E-state index is 0.0516. The molecule has 1 saturated carbocycles. The molecule has 0 unspecified atom stereocenters. The van der Waals surface area contributed by atoms with Crippen molar-refractivity contribution in [1.29, 1.82) is 0 Å². The van der Waals surface area contributed by atoms with Crippen LogP contribution in [0.25, 0.3) is 0 Å². The number of carbonyl (C=O) groups is 2. The number of aliphatic carboxylic acids is 1. The Balaban J connectivity index is 2.29. The number of carboxylic acids is 1. The normalized spacial score (nSPS) is 23.4. The molecule has 0 radical (unpaired) electrons. The van der Waals surface area contributed by atoms with E-state index in [1.54, 1.807) is 7.05 Å². The third kappa shape index (κ3) is 4.52. The van der Waals surface area contributed by atoms with Gasteiger partial charge in [0.05, 0.1) is 12.1 Å². The Labute approximate surface area is 107 Å². The molecule has 18 heavy (non-hydrogen) atoms. The second kappa shape index (κ2) is 7.20. The first kappa shape index (κ1) is 14.8. The number of carbonyl (C=O) groups excluding carboxylic acids is 1. The van der Waals surface area contributed by atoms with Gasteiger partial charge in [-0.15, -0.1) is 0 Å². The van der Waals surface area contributed by atoms with Gasteiger partial charge >= 0.3 is 12.0 Å². The van der Waals surface area contributed by atoms with Crippen molar-refractivity contribution >= 4 is 12.0 Å². The first-order valence-electron chi connectivity index (χ1n) is 6.43. The molecule has 6 heteroatoms. The van der Waals surface area contributed by atoms with Crippen LogP contribution in [0, 0.1) is 0 Å². The third-order valence-electron chi connectivity index (χ3n) is 3.36. The van der Waals surface area contributed by atoms with Crippen LogP contribution in [0.3, 0.4) is 0 Å². The van der Waals surface area contributed by atoms with E-state index in [2.05, 4.69) is 5.32 Å². The molecule has 1 rings (SSSR count). The number of amides is 2. The van der Waals surface area contributed by atoms with E-state index in [9.17, 15) is 14.7 Å². The summed E-state index contributed by atoms with van der Waals surface area (Å²) in [5.41, 5.74) is 0. The average Bonchev–Trinajstić information content (AvgIpc) is 2.34. The first-order valence-corrected chi connectivity index (χ1v) is 6.43. The molecule has 0 aromatic rings. The van der Waals surface area contributed by atoms with Crippen LogP contribution in [0.4, 0.5) is 4.79 Å². The first-order chi connectivity index (χ1) is 8.52. The van der Waals surface area contributed by atoms with E-state index < -0.39 is 12.1 Å². The fourth-order valence-corrected chi connectivity index (χ4v) is 2.25. The summed E-state index contributed by atoms with van der Waals surface area (Å²) in [5.74, 6) is -0.861. The van der Waals surface area contributed by atoms with Crippen LogP contribution >= 0.6 is 0 Å². The van der Waals surface area contributed by atoms with E-state index in [1.165, 1.54) is 4.90 Å². The Hall–Kier alpha value is -1.30. The Kier molecular flexibility index (Phi) is 5.91. The molecular formula is C12H22N2O4. The van der Waals surface area contributed by atoms with Crippen molar-refractivity contribution in [3.8, 4) is 0 Å². The Bertz CT molecular complexity index is 296. The predicted octanol–water partition coefficient (Wildman–Crippen LogP) is 0.796. The highest BCUT2D eigenvalue weighted by Crippen LogP contribution is 2.22. The van der Waals surface area contributed by atoms with Gasteiger partial charge in [0, 0.05) is 20.0 Å². The van der Waals surface area contributed by atoms with Crippen LogP contribution in [0.15, 0.2) is 0 Å². The molecule has 0 bridgehead atoms. The SMILES string of the molecule is CN(C(=O)NCCCC(=O)O)[C@@H]1CCCC[C@H]1O. The van der Waals surface area contributed by atoms with Crippen LogP contribution in [-0.2, 0) is 4.79 Å². The maximum atomic E-state index is 11.8. The van der Waals surface area contributed by atoms with Crippen molar-refractivity contribution in [2.24, 2.45) is 0 Å². The molecule has 3 N–H and O–H groups in total. The summed E-state index contributed by atoms with van der Waals surface area (Å²) < 4.78 is 0. The maximum absolute atomic E-state index is 11.8. The van der Waals surface area contributed by atoms with E-state index in [4.69, 9.17) is 5.11 Å². The fourth-order valence-electron chi connectivity index (χ4n) is 2.25. The van der Waals surface area contributed by atoms with E-state index in [1.807, 2.05) is 0 Å². The van der Waals surface area contributed by atoms with E-state index in [0.717, 1.165) is 25.7 Å². The fraction of sp³-hybridized carbons (Fsp3) is 0.833. The predicted molar refractivity (Wildman–Crippen MR) is 66.3 cm³/mol. The second-order valence-electron chi connectivity index (χ2n) is 4.76. The number of nitrogens with one attached hydrogen (secondary N) is 1. The van der Waals surface area contributed by atoms with Crippen LogP contribution < -0.4 is 5.32 Å². The molecule has 1 aliphatic carbocycles. The Morgan fingerprint density at radius 1 is 1.33 bits per heavy atom. The lowest BCUT2D eigenvalue weighted by molar-refractivity contribution is -0.137. The topological polar surface area (TPSA) is 89.9 Å². The molecule has 0 aromatic heterocycles. The monoisotopic (exact) mass is 258 g/mol. The van der Waals surface area contributed by atoms with Crippen molar-refractivity contribution in [3.05, 3.63) is 0 Å². The summed E-state index contributed by atoms with van der Waals surface area (Å²) >= 11 is 0. The summed E-state index contributed by atoms with van der Waals surface area (Å²) in [6, 6.07) is -0.371. The largest absolute Gasteiger partial charge is 0.481 e. The van der Waals surface area contributed by atoms with Crippen molar-refractivity contribution in [2.75, 3.05) is 13.6 Å². The van der Waals surface area contributed by atoms with Gasteiger partial charge in [-0.1, -0.05) is 12.8 Å². The van der Waals surface area contributed by atoms with Gasteiger partial charge in [-0.25, -0.2) is 4.79 Å². The number of rotatable bonds is 5. The van der Waals surface area contributed by atoms with Gasteiger partial charge in [0.2, 0.25) is 0 Å². The number of aliphatic hydroxyl groups is 1. The number of likely N-dealkylation sites (N-methyl/N-ethyl adjacent to an activating group) is 1. The molecule has 6 nitrogen and oxygen atoms in total. The number of aliphatic hydroxyl groups excluding tert-OH is 1. The zero-order chi connectivity index (χ0) is 13.5. The molecule has 0 aromatic carbocycles. The Morgan fingerprint density at radius 3 is 2.61 bits per heavy atom. The molecule has 0 spiro atoms. The van der Waals surface area contributed by atoms with Gasteiger partial charge < -0.3 is 20.4 Å². The second-order valence-corrected chi connectivity index (χ2v) is 4.76. The van der Waals surface area contributed by atoms with Gasteiger partial charge in [0.15, 0.2) is 0 Å². The highest BCUT2D eigenvalue weighted by Gasteiger charge is 2.29. The summed E-state index contributed by atoms with van der Waals surface area (Å²) in [6.45, 7) is 0.346. The maximum Gasteiger partial charge on any atom is 0.317 e. The molecule has 0 heterocycles. The number of hydrogen-bond donors (Lipinski definition) is 3. The van der Waals surface area contributed by atoms with E-state index >= 15 is 0 Å². The Morgan fingerprint density at radius 2 is 2.00 bits per heavy atom. The zero-order valence-electron chi connectivity index (χ0n) is 10.8. The molecule has 1 aliphatic rings. The third-order valence-corrected chi connectivity index (χ3v) is 3.36. The standard InChI is InChI=1S/C12H22N2O4/c1-14(9-5-2-3-6-10(9)15)12(18)13-8-4-7-11(16)17/h9-10,15H,2-8H2,1H3,(H,13,18)(H,16,17)/t9-,10-/m1/s1. The lowest BCUT2D eigenvalue weighted by atomic mass is 9.92. The molecule has 2 atom stereocenters. The lowest BCUT2D eigenvalue weighted by Crippen LogP contribution is -2.50. The van der Waals surface area contributed by atoms with Gasteiger partial charge in [0.1, 0.15) is 0 Å². The van der Waals surface area contributed by atoms with Crippen LogP contribution in [0.2, 0.25) is 0 Å². The minimum Gasteiger partial charge on any atom is -0.481 e. The molecule has 0 aliphatic heterocycles. The van der Waals surface area contributed by atoms with Crippen molar-refractivity contribution < 1.29 is 19.8 Å². The number of carboxylic acid groups (broad SMARTS) is 1. The van der Waals surface area contributed by atoms with Gasteiger partial charge in [-0.05, 0) is 19.3 Å². The molecule has 0 saturated heterocycles. The van der Waals surface area contributed by atoms with E-state index in [0.29, 0.717) is 13.0 Å². The number of hydrogen-bond acceptors (Lipinski definition) is 3. The molecule has 104 valence electrons. The smallest absolute Gasteiger partial charge is 0.317 e. The lowest BCUT2D eigenvalue weighted by Gasteiger charge is -2.35. The highest BCUT2D eigenvalue weighted by molar-refractivity contribution is 5.74. The van der Waals surface area contributed by atoms with Crippen LogP contribution in [-0.4, -0.2) is 52.9 Å². The quantitative estimate of drug-likeness (QED) is 0.636. The van der Waals surface area contributed by atoms with Gasteiger partial charge in [0.25, 0.3) is 0 Å². The van der Waals surface area contributed by atoms with E-state index in [-0.39, 0.29) is 18.5 Å². The van der Waals surface area contributed by atoms with Gasteiger partial charge in [-0.3, -0.25) is 4.79 Å². The minimum atomic E-state index is -0.861. The van der Waals surface area contributed by atoms with Crippen molar-refractivity contribution in [2.45, 2.75) is 50.7 Å². The number of urea groups is 1.